The average Bonchev–Trinajstić information content (AvgIpc) is 3.51. The van der Waals surface area contributed by atoms with Gasteiger partial charge in [-0.2, -0.15) is 9.97 Å². The molecule has 3 atom stereocenters. The first-order valence-electron chi connectivity index (χ1n) is 16.5. The van der Waals surface area contributed by atoms with Crippen LogP contribution in [0, 0.1) is 11.6 Å². The second-order valence-electron chi connectivity index (χ2n) is 13.6. The largest absolute Gasteiger partial charge is 0.461 e. The van der Waals surface area contributed by atoms with E-state index >= 15 is 8.78 Å². The summed E-state index contributed by atoms with van der Waals surface area (Å²) in [4.78, 5) is 32.2. The maximum absolute atomic E-state index is 16.9. The van der Waals surface area contributed by atoms with Crippen molar-refractivity contribution in [1.82, 2.24) is 24.8 Å². The van der Waals surface area contributed by atoms with Crippen molar-refractivity contribution in [2.75, 3.05) is 44.7 Å². The lowest BCUT2D eigenvalue weighted by atomic mass is 9.94. The summed E-state index contributed by atoms with van der Waals surface area (Å²) in [7, 11) is 1.86. The van der Waals surface area contributed by atoms with E-state index in [-0.39, 0.29) is 47.5 Å². The highest BCUT2D eigenvalue weighted by atomic mass is 19.1. The summed E-state index contributed by atoms with van der Waals surface area (Å²) < 4.78 is 52.9. The Morgan fingerprint density at radius 1 is 1.15 bits per heavy atom. The van der Waals surface area contributed by atoms with E-state index in [0.717, 1.165) is 37.6 Å². The number of carbonyl (C=O) groups is 1. The number of benzene rings is 2. The Morgan fingerprint density at radius 2 is 2.00 bits per heavy atom. The van der Waals surface area contributed by atoms with Crippen molar-refractivity contribution in [2.45, 2.75) is 62.2 Å². The molecule has 4 aliphatic rings. The Labute approximate surface area is 271 Å². The number of carbonyl (C=O) groups excluding carboxylic acids is 1. The fraction of sp³-hybridized carbons (Fsp3) is 0.444. The number of likely N-dealkylation sites (N-methyl/N-ethyl adjacent to an activating group) is 1. The lowest BCUT2D eigenvalue weighted by Crippen LogP contribution is -2.43. The van der Waals surface area contributed by atoms with Gasteiger partial charge in [-0.1, -0.05) is 30.8 Å². The molecule has 47 heavy (non-hydrogen) atoms. The van der Waals surface area contributed by atoms with Gasteiger partial charge in [0, 0.05) is 50.9 Å². The third kappa shape index (κ3) is 5.10. The van der Waals surface area contributed by atoms with Crippen LogP contribution in [-0.4, -0.2) is 88.2 Å². The van der Waals surface area contributed by atoms with Crippen LogP contribution in [0.1, 0.15) is 50.0 Å². The number of ether oxygens (including phenoxy) is 1. The molecule has 11 heteroatoms. The molecule has 0 bridgehead atoms. The molecule has 2 aromatic carbocycles. The third-order valence-corrected chi connectivity index (χ3v) is 10.7. The number of nitrogens with zero attached hydrogens (tertiary/aromatic N) is 6. The monoisotopic (exact) mass is 642 g/mol. The zero-order valence-electron chi connectivity index (χ0n) is 26.4. The van der Waals surface area contributed by atoms with E-state index in [1.807, 2.05) is 24.1 Å². The molecule has 1 amide bonds. The summed E-state index contributed by atoms with van der Waals surface area (Å²) in [6.07, 6.45) is 6.58. The van der Waals surface area contributed by atoms with Gasteiger partial charge < -0.3 is 14.5 Å². The van der Waals surface area contributed by atoms with E-state index in [1.165, 1.54) is 12.1 Å². The Morgan fingerprint density at radius 3 is 2.81 bits per heavy atom. The molecule has 0 radical (unpaired) electrons. The number of anilines is 1. The minimum atomic E-state index is -0.918. The highest BCUT2D eigenvalue weighted by Gasteiger charge is 2.49. The van der Waals surface area contributed by atoms with Crippen LogP contribution >= 0.6 is 0 Å². The second kappa shape index (κ2) is 11.5. The molecule has 4 fully saturated rings. The Hall–Kier alpha value is -4.25. The van der Waals surface area contributed by atoms with E-state index in [9.17, 15) is 9.18 Å². The quantitative estimate of drug-likeness (QED) is 0.213. The molecule has 244 valence electrons. The van der Waals surface area contributed by atoms with E-state index in [4.69, 9.17) is 9.72 Å². The van der Waals surface area contributed by atoms with Gasteiger partial charge in [0.25, 0.3) is 0 Å². The molecular weight excluding hydrogens is 605 g/mol. The molecular formula is C36H37F3N6O2. The summed E-state index contributed by atoms with van der Waals surface area (Å²) >= 11 is 0. The molecule has 3 aliphatic heterocycles. The Kier molecular flexibility index (Phi) is 7.35. The lowest BCUT2D eigenvalue weighted by molar-refractivity contribution is -0.125. The van der Waals surface area contributed by atoms with Gasteiger partial charge in [0.1, 0.15) is 35.6 Å². The topological polar surface area (TPSA) is 74.7 Å². The van der Waals surface area contributed by atoms with Gasteiger partial charge in [-0.3, -0.25) is 14.7 Å². The molecule has 8 rings (SSSR count). The summed E-state index contributed by atoms with van der Waals surface area (Å²) in [6, 6.07) is 8.62. The molecule has 0 spiro atoms. The van der Waals surface area contributed by atoms with Crippen molar-refractivity contribution >= 4 is 33.4 Å². The van der Waals surface area contributed by atoms with Gasteiger partial charge in [0.05, 0.1) is 10.9 Å². The van der Waals surface area contributed by atoms with Crippen molar-refractivity contribution in [3.8, 4) is 17.3 Å². The predicted octanol–water partition coefficient (Wildman–Crippen LogP) is 6.18. The number of hydrogen-bond acceptors (Lipinski definition) is 7. The van der Waals surface area contributed by atoms with Gasteiger partial charge >= 0.3 is 6.01 Å². The van der Waals surface area contributed by atoms with Crippen molar-refractivity contribution in [1.29, 1.82) is 0 Å². The summed E-state index contributed by atoms with van der Waals surface area (Å²) in [5, 5.41) is 1.89. The van der Waals surface area contributed by atoms with Crippen molar-refractivity contribution in [2.24, 2.45) is 0 Å². The predicted molar refractivity (Wildman–Crippen MR) is 174 cm³/mol. The molecule has 2 aromatic heterocycles. The third-order valence-electron chi connectivity index (χ3n) is 10.7. The van der Waals surface area contributed by atoms with E-state index in [2.05, 4.69) is 21.4 Å². The van der Waals surface area contributed by atoms with Gasteiger partial charge in [0.2, 0.25) is 5.91 Å². The van der Waals surface area contributed by atoms with Crippen molar-refractivity contribution in [3.05, 3.63) is 66.4 Å². The maximum Gasteiger partial charge on any atom is 0.319 e. The highest BCUT2D eigenvalue weighted by Crippen LogP contribution is 2.47. The van der Waals surface area contributed by atoms with Crippen LogP contribution in [0.2, 0.25) is 0 Å². The normalized spacial score (nSPS) is 24.3. The number of rotatable bonds is 8. The first-order chi connectivity index (χ1) is 22.8. The molecule has 1 aliphatic carbocycles. The number of halogens is 3. The zero-order chi connectivity index (χ0) is 32.4. The second-order valence-corrected chi connectivity index (χ2v) is 13.6. The molecule has 0 N–H and O–H groups in total. The number of hydrogen-bond donors (Lipinski definition) is 0. The highest BCUT2D eigenvalue weighted by molar-refractivity contribution is 6.01. The number of likely N-dealkylation sites (tertiary alicyclic amines) is 1. The Balaban J connectivity index is 1.24. The molecule has 8 nitrogen and oxygen atoms in total. The van der Waals surface area contributed by atoms with Gasteiger partial charge in [-0.25, -0.2) is 13.2 Å². The maximum atomic E-state index is 16.9. The molecule has 4 aromatic rings. The van der Waals surface area contributed by atoms with E-state index in [1.54, 1.807) is 23.2 Å². The zero-order valence-corrected chi connectivity index (χ0v) is 26.4. The number of alkyl halides is 1. The van der Waals surface area contributed by atoms with Crippen LogP contribution in [0.4, 0.5) is 19.0 Å². The van der Waals surface area contributed by atoms with Crippen LogP contribution < -0.4 is 9.64 Å². The van der Waals surface area contributed by atoms with Crippen molar-refractivity contribution < 1.29 is 22.7 Å². The van der Waals surface area contributed by atoms with Crippen LogP contribution in [0.5, 0.6) is 6.01 Å². The van der Waals surface area contributed by atoms with E-state index in [0.29, 0.717) is 60.2 Å². The average molecular weight is 643 g/mol. The van der Waals surface area contributed by atoms with Crippen LogP contribution in [-0.2, 0) is 4.79 Å². The standard InChI is InChI=1S/C36H37F3N6O2/c1-3-28(46)44-15-12-24(19-44)43(2)34-26-17-40-32(25-7-4-6-21-10-11-27(38)30(29(21)25)22-8-9-22)31(39)33(26)41-35(42-34)47-20-36-13-5-14-45(36)18-23(37)16-36/h3-4,6-7,10-11,17,22-24H,1,5,8-9,12-16,18-20H2,2H3/t23-,24-,36+/m1/s1. The van der Waals surface area contributed by atoms with Crippen LogP contribution in [0.25, 0.3) is 32.9 Å². The van der Waals surface area contributed by atoms with Gasteiger partial charge in [-0.05, 0) is 73.0 Å². The fourth-order valence-electron chi connectivity index (χ4n) is 8.10. The smallest absolute Gasteiger partial charge is 0.319 e. The van der Waals surface area contributed by atoms with Gasteiger partial charge in [-0.15, -0.1) is 0 Å². The number of pyridine rings is 1. The summed E-state index contributed by atoms with van der Waals surface area (Å²) in [5.74, 6) is -0.560. The van der Waals surface area contributed by atoms with Crippen LogP contribution in [0.15, 0.2) is 49.2 Å². The number of amides is 1. The summed E-state index contributed by atoms with van der Waals surface area (Å²) in [6.45, 7) is 6.02. The van der Waals surface area contributed by atoms with E-state index < -0.39 is 17.5 Å². The van der Waals surface area contributed by atoms with Gasteiger partial charge in [0.15, 0.2) is 5.82 Å². The minimum absolute atomic E-state index is 0.00131. The fourth-order valence-corrected chi connectivity index (χ4v) is 8.10. The lowest BCUT2D eigenvalue weighted by Gasteiger charge is -2.31. The Bertz CT molecular complexity index is 1920. The van der Waals surface area contributed by atoms with Crippen molar-refractivity contribution in [3.63, 3.8) is 0 Å². The molecule has 1 saturated carbocycles. The molecule has 3 saturated heterocycles. The SMILES string of the molecule is C=CC(=O)N1CC[C@@H](N(C)c2nc(OC[C@@]34CCCN3C[C@H](F)C4)nc3c(F)c(-c4cccc5ccc(F)c(C6CC6)c45)ncc23)C1. The number of aromatic nitrogens is 3. The first kappa shape index (κ1) is 30.1. The molecule has 0 unspecified atom stereocenters. The minimum Gasteiger partial charge on any atom is -0.461 e. The van der Waals surface area contributed by atoms with Crippen LogP contribution in [0.3, 0.4) is 0 Å². The number of fused-ring (bicyclic) bond motifs is 3. The molecule has 5 heterocycles. The first-order valence-corrected chi connectivity index (χ1v) is 16.5. The summed E-state index contributed by atoms with van der Waals surface area (Å²) in [5.41, 5.74) is 0.795.